The maximum atomic E-state index is 5.83. The molecule has 112 valence electrons. The molecule has 2 atom stereocenters. The summed E-state index contributed by atoms with van der Waals surface area (Å²) < 4.78 is 0. The number of H-pyrrole nitrogens is 1. The molecule has 0 amide bonds. The highest BCUT2D eigenvalue weighted by Gasteiger charge is 2.34. The van der Waals surface area contributed by atoms with Crippen LogP contribution < -0.4 is 5.73 Å². The second kappa shape index (κ2) is 5.00. The number of benzene rings is 1. The fourth-order valence-corrected chi connectivity index (χ4v) is 3.89. The lowest BCUT2D eigenvalue weighted by molar-refractivity contribution is 0.212. The minimum atomic E-state index is 0.720. The summed E-state index contributed by atoms with van der Waals surface area (Å²) in [5.74, 6) is 1.05. The fourth-order valence-electron chi connectivity index (χ4n) is 3.89. The summed E-state index contributed by atoms with van der Waals surface area (Å²) in [5.41, 5.74) is 8.66. The van der Waals surface area contributed by atoms with Gasteiger partial charge in [0.15, 0.2) is 0 Å². The number of likely N-dealkylation sites (N-methyl/N-ethyl adjacent to an activating group) is 1. The van der Waals surface area contributed by atoms with Gasteiger partial charge >= 0.3 is 0 Å². The van der Waals surface area contributed by atoms with Gasteiger partial charge in [0.05, 0.1) is 17.6 Å². The number of fused-ring (bicyclic) bond motifs is 3. The number of nitrogens with zero attached hydrogens (tertiary/aromatic N) is 3. The van der Waals surface area contributed by atoms with E-state index in [9.17, 15) is 0 Å². The van der Waals surface area contributed by atoms with Crippen LogP contribution in [-0.2, 0) is 6.54 Å². The number of hydrogen-bond donors (Lipinski definition) is 2. The number of nitrogens with two attached hydrogens (primary N) is 1. The van der Waals surface area contributed by atoms with Crippen molar-refractivity contribution in [3.8, 4) is 0 Å². The molecule has 5 nitrogen and oxygen atoms in total. The van der Waals surface area contributed by atoms with Gasteiger partial charge in [-0.2, -0.15) is 0 Å². The number of likely N-dealkylation sites (tertiary alicyclic amines) is 1. The highest BCUT2D eigenvalue weighted by atomic mass is 15.3. The summed E-state index contributed by atoms with van der Waals surface area (Å²) in [6.45, 7) is 3.24. The molecule has 2 aliphatic heterocycles. The van der Waals surface area contributed by atoms with Crippen molar-refractivity contribution in [2.75, 3.05) is 25.9 Å². The monoisotopic (exact) mass is 285 g/mol. The Bertz CT molecular complexity index is 649. The smallest absolute Gasteiger partial charge is 0.121 e. The third kappa shape index (κ3) is 2.40. The van der Waals surface area contributed by atoms with Gasteiger partial charge in [-0.05, 0) is 44.5 Å². The van der Waals surface area contributed by atoms with Gasteiger partial charge in [0.1, 0.15) is 5.82 Å². The molecule has 3 heterocycles. The van der Waals surface area contributed by atoms with Crippen molar-refractivity contribution >= 4 is 16.7 Å². The number of aromatic nitrogens is 2. The zero-order valence-corrected chi connectivity index (χ0v) is 12.5. The van der Waals surface area contributed by atoms with Gasteiger partial charge in [0.25, 0.3) is 0 Å². The molecule has 2 bridgehead atoms. The largest absolute Gasteiger partial charge is 0.399 e. The Morgan fingerprint density at radius 1 is 1.29 bits per heavy atom. The standard InChI is InChI=1S/C16H23N5/c1-20-12-3-4-13(20)9-21(7-6-12)10-16-18-14-5-2-11(17)8-15(14)19-16/h2,5,8,12-13H,3-4,6-7,9-10,17H2,1H3,(H,18,19). The van der Waals surface area contributed by atoms with Crippen molar-refractivity contribution in [2.24, 2.45) is 0 Å². The molecule has 2 saturated heterocycles. The summed E-state index contributed by atoms with van der Waals surface area (Å²) in [4.78, 5) is 13.2. The van der Waals surface area contributed by atoms with Crippen LogP contribution >= 0.6 is 0 Å². The van der Waals surface area contributed by atoms with Gasteiger partial charge < -0.3 is 10.7 Å². The van der Waals surface area contributed by atoms with E-state index in [4.69, 9.17) is 10.7 Å². The molecule has 2 aromatic rings. The van der Waals surface area contributed by atoms with Crippen LogP contribution in [0.5, 0.6) is 0 Å². The van der Waals surface area contributed by atoms with Crippen molar-refractivity contribution in [1.29, 1.82) is 0 Å². The maximum Gasteiger partial charge on any atom is 0.121 e. The van der Waals surface area contributed by atoms with E-state index in [-0.39, 0.29) is 0 Å². The predicted octanol–water partition coefficient (Wildman–Crippen LogP) is 1.81. The third-order valence-electron chi connectivity index (χ3n) is 5.16. The number of imidazole rings is 1. The third-order valence-corrected chi connectivity index (χ3v) is 5.16. The molecule has 4 rings (SSSR count). The number of rotatable bonds is 2. The summed E-state index contributed by atoms with van der Waals surface area (Å²) in [7, 11) is 2.29. The first kappa shape index (κ1) is 13.1. The normalized spacial score (nSPS) is 27.3. The summed E-state index contributed by atoms with van der Waals surface area (Å²) in [5, 5.41) is 0. The van der Waals surface area contributed by atoms with E-state index in [0.717, 1.165) is 47.7 Å². The van der Waals surface area contributed by atoms with Crippen molar-refractivity contribution in [3.63, 3.8) is 0 Å². The minimum absolute atomic E-state index is 0.720. The first-order chi connectivity index (χ1) is 10.2. The van der Waals surface area contributed by atoms with E-state index in [1.54, 1.807) is 0 Å². The number of nitrogens with one attached hydrogen (secondary N) is 1. The maximum absolute atomic E-state index is 5.83. The molecule has 2 fully saturated rings. The molecule has 0 radical (unpaired) electrons. The van der Waals surface area contributed by atoms with Gasteiger partial charge in [-0.3, -0.25) is 9.80 Å². The Morgan fingerprint density at radius 3 is 3.05 bits per heavy atom. The van der Waals surface area contributed by atoms with Crippen LogP contribution in [0.1, 0.15) is 25.1 Å². The number of nitrogen functional groups attached to an aromatic ring is 1. The van der Waals surface area contributed by atoms with E-state index in [2.05, 4.69) is 21.8 Å². The number of aromatic amines is 1. The van der Waals surface area contributed by atoms with E-state index in [1.807, 2.05) is 18.2 Å². The minimum Gasteiger partial charge on any atom is -0.399 e. The van der Waals surface area contributed by atoms with Crippen LogP contribution in [0.4, 0.5) is 5.69 Å². The molecule has 2 unspecified atom stereocenters. The molecule has 3 N–H and O–H groups in total. The average Bonchev–Trinajstić information content (AvgIpc) is 2.93. The summed E-state index contributed by atoms with van der Waals surface area (Å²) in [6, 6.07) is 7.37. The molecular formula is C16H23N5. The quantitative estimate of drug-likeness (QED) is 0.826. The average molecular weight is 285 g/mol. The lowest BCUT2D eigenvalue weighted by atomic mass is 10.1. The second-order valence-electron chi connectivity index (χ2n) is 6.53. The van der Waals surface area contributed by atoms with E-state index in [0.29, 0.717) is 0 Å². The SMILES string of the molecule is CN1C2CCC1CN(Cc1nc3ccc(N)cc3[nH]1)CC2. The van der Waals surface area contributed by atoms with E-state index < -0.39 is 0 Å². The Hall–Kier alpha value is -1.59. The Kier molecular flexibility index (Phi) is 3.12. The van der Waals surface area contributed by atoms with Gasteiger partial charge in [0, 0.05) is 30.9 Å². The second-order valence-corrected chi connectivity index (χ2v) is 6.53. The molecule has 21 heavy (non-hydrogen) atoms. The van der Waals surface area contributed by atoms with E-state index >= 15 is 0 Å². The lowest BCUT2D eigenvalue weighted by Gasteiger charge is -2.24. The molecule has 5 heteroatoms. The highest BCUT2D eigenvalue weighted by molar-refractivity contribution is 5.78. The topological polar surface area (TPSA) is 61.2 Å². The zero-order chi connectivity index (χ0) is 14.4. The number of anilines is 1. The van der Waals surface area contributed by atoms with Crippen LogP contribution in [-0.4, -0.2) is 52.0 Å². The van der Waals surface area contributed by atoms with Crippen molar-refractivity contribution in [3.05, 3.63) is 24.0 Å². The molecule has 1 aromatic carbocycles. The van der Waals surface area contributed by atoms with Crippen LogP contribution in [0.15, 0.2) is 18.2 Å². The predicted molar refractivity (Wildman–Crippen MR) is 85.0 cm³/mol. The Balaban J connectivity index is 1.52. The van der Waals surface area contributed by atoms with E-state index in [1.165, 1.54) is 25.8 Å². The van der Waals surface area contributed by atoms with Crippen LogP contribution in [0.3, 0.4) is 0 Å². The molecule has 0 aliphatic carbocycles. The summed E-state index contributed by atoms with van der Waals surface area (Å²) >= 11 is 0. The Morgan fingerprint density at radius 2 is 2.14 bits per heavy atom. The molecule has 2 aliphatic rings. The summed E-state index contributed by atoms with van der Waals surface area (Å²) in [6.07, 6.45) is 3.99. The van der Waals surface area contributed by atoms with Crippen molar-refractivity contribution in [1.82, 2.24) is 19.8 Å². The molecule has 0 spiro atoms. The number of hydrogen-bond acceptors (Lipinski definition) is 4. The highest BCUT2D eigenvalue weighted by Crippen LogP contribution is 2.29. The molecule has 0 saturated carbocycles. The van der Waals surface area contributed by atoms with Gasteiger partial charge in [-0.1, -0.05) is 0 Å². The van der Waals surface area contributed by atoms with Crippen LogP contribution in [0.2, 0.25) is 0 Å². The van der Waals surface area contributed by atoms with Crippen molar-refractivity contribution in [2.45, 2.75) is 37.9 Å². The zero-order valence-electron chi connectivity index (χ0n) is 12.5. The van der Waals surface area contributed by atoms with Gasteiger partial charge in [-0.25, -0.2) is 4.98 Å². The molecular weight excluding hydrogens is 262 g/mol. The van der Waals surface area contributed by atoms with Crippen molar-refractivity contribution < 1.29 is 0 Å². The van der Waals surface area contributed by atoms with Crippen LogP contribution in [0.25, 0.3) is 11.0 Å². The molecule has 1 aromatic heterocycles. The lowest BCUT2D eigenvalue weighted by Crippen LogP contribution is -2.36. The van der Waals surface area contributed by atoms with Gasteiger partial charge in [0.2, 0.25) is 0 Å². The first-order valence-electron chi connectivity index (χ1n) is 7.87. The first-order valence-corrected chi connectivity index (χ1v) is 7.87. The van der Waals surface area contributed by atoms with Crippen LogP contribution in [0, 0.1) is 0 Å². The fraction of sp³-hybridized carbons (Fsp3) is 0.562. The Labute approximate surface area is 125 Å². The van der Waals surface area contributed by atoms with Gasteiger partial charge in [-0.15, -0.1) is 0 Å².